The van der Waals surface area contributed by atoms with Crippen molar-refractivity contribution in [2.24, 2.45) is 0 Å². The number of thiophene rings is 1. The van der Waals surface area contributed by atoms with E-state index in [0.717, 1.165) is 4.47 Å². The quantitative estimate of drug-likeness (QED) is 0.659. The van der Waals surface area contributed by atoms with Gasteiger partial charge in [0.1, 0.15) is 6.26 Å². The van der Waals surface area contributed by atoms with Gasteiger partial charge in [0.15, 0.2) is 5.69 Å². The van der Waals surface area contributed by atoms with Gasteiger partial charge in [0.2, 0.25) is 11.6 Å². The molecule has 0 N–H and O–H groups in total. The summed E-state index contributed by atoms with van der Waals surface area (Å²) in [5, 5.41) is 5.50. The van der Waals surface area contributed by atoms with Gasteiger partial charge in [-0.05, 0) is 23.6 Å². The summed E-state index contributed by atoms with van der Waals surface area (Å²) in [5.41, 5.74) is 0.660. The van der Waals surface area contributed by atoms with Crippen LogP contribution in [0.25, 0.3) is 0 Å². The second-order valence-electron chi connectivity index (χ2n) is 4.22. The van der Waals surface area contributed by atoms with Crippen molar-refractivity contribution >= 4 is 38.8 Å². The lowest BCUT2D eigenvalue weighted by molar-refractivity contribution is 0.100. The zero-order valence-corrected chi connectivity index (χ0v) is 13.0. The minimum absolute atomic E-state index is 0.0338. The molecule has 4 nitrogen and oxygen atoms in total. The minimum Gasteiger partial charge on any atom is -0.363 e. The third kappa shape index (κ3) is 2.72. The number of halogens is 1. The number of carbonyl (C=O) groups excluding carboxylic acids is 2. The number of aromatic nitrogens is 1. The van der Waals surface area contributed by atoms with Crippen LogP contribution in [0.2, 0.25) is 0 Å². The largest absolute Gasteiger partial charge is 0.363 e. The molecule has 0 atom stereocenters. The molecule has 0 fully saturated rings. The average molecular weight is 362 g/mol. The number of nitrogens with zero attached hydrogens (tertiary/aromatic N) is 1. The highest BCUT2D eigenvalue weighted by atomic mass is 79.9. The molecule has 0 aliphatic rings. The zero-order valence-electron chi connectivity index (χ0n) is 10.6. The number of hydrogen-bond donors (Lipinski definition) is 0. The van der Waals surface area contributed by atoms with E-state index in [1.165, 1.54) is 17.6 Å². The van der Waals surface area contributed by atoms with Crippen molar-refractivity contribution in [1.29, 1.82) is 0 Å². The van der Waals surface area contributed by atoms with Crippen LogP contribution in [0, 0.1) is 0 Å². The Bertz CT molecular complexity index is 808. The van der Waals surface area contributed by atoms with Crippen molar-refractivity contribution in [3.8, 4) is 0 Å². The lowest BCUT2D eigenvalue weighted by Crippen LogP contribution is -2.09. The van der Waals surface area contributed by atoms with Gasteiger partial charge in [-0.25, -0.2) is 0 Å². The molecule has 3 rings (SSSR count). The van der Waals surface area contributed by atoms with Crippen molar-refractivity contribution in [2.45, 2.75) is 0 Å². The first kappa shape index (κ1) is 13.9. The molecule has 0 saturated heterocycles. The molecule has 0 amide bonds. The molecular weight excluding hydrogens is 354 g/mol. The SMILES string of the molecule is O=C(c1cccs1)c1conc1C(=O)c1cccc(Br)c1. The fourth-order valence-electron chi connectivity index (χ4n) is 1.87. The van der Waals surface area contributed by atoms with Gasteiger partial charge in [0.25, 0.3) is 0 Å². The molecule has 2 aromatic heterocycles. The Hall–Kier alpha value is -2.05. The molecule has 0 radical (unpaired) electrons. The van der Waals surface area contributed by atoms with Crippen molar-refractivity contribution in [2.75, 3.05) is 0 Å². The van der Waals surface area contributed by atoms with Crippen LogP contribution in [0.5, 0.6) is 0 Å². The third-order valence-electron chi connectivity index (χ3n) is 2.86. The number of hydrogen-bond acceptors (Lipinski definition) is 5. The molecule has 0 spiro atoms. The molecule has 0 saturated carbocycles. The average Bonchev–Trinajstić information content (AvgIpc) is 3.17. The molecule has 6 heteroatoms. The Morgan fingerprint density at radius 2 is 2.00 bits per heavy atom. The molecule has 21 heavy (non-hydrogen) atoms. The van der Waals surface area contributed by atoms with Crippen molar-refractivity contribution in [3.05, 3.63) is 74.2 Å². The van der Waals surface area contributed by atoms with Crippen molar-refractivity contribution < 1.29 is 14.1 Å². The maximum absolute atomic E-state index is 12.5. The first-order valence-electron chi connectivity index (χ1n) is 5.99. The second kappa shape index (κ2) is 5.75. The van der Waals surface area contributed by atoms with Gasteiger partial charge in [-0.15, -0.1) is 11.3 Å². The third-order valence-corrected chi connectivity index (χ3v) is 4.22. The van der Waals surface area contributed by atoms with E-state index >= 15 is 0 Å². The standard InChI is InChI=1S/C15H8BrNO3S/c16-10-4-1-3-9(7-10)14(18)13-11(8-20-17-13)15(19)12-5-2-6-21-12/h1-8H. The van der Waals surface area contributed by atoms with Gasteiger partial charge in [0, 0.05) is 10.0 Å². The Balaban J connectivity index is 1.99. The number of benzene rings is 1. The summed E-state index contributed by atoms with van der Waals surface area (Å²) in [6, 6.07) is 10.4. The number of carbonyl (C=O) groups is 2. The normalized spacial score (nSPS) is 10.5. The van der Waals surface area contributed by atoms with Gasteiger partial charge < -0.3 is 4.52 Å². The summed E-state index contributed by atoms with van der Waals surface area (Å²) in [7, 11) is 0. The Morgan fingerprint density at radius 3 is 2.71 bits per heavy atom. The van der Waals surface area contributed by atoms with Crippen LogP contribution in [0.4, 0.5) is 0 Å². The van der Waals surface area contributed by atoms with E-state index in [4.69, 9.17) is 4.52 Å². The van der Waals surface area contributed by atoms with Crippen molar-refractivity contribution in [3.63, 3.8) is 0 Å². The van der Waals surface area contributed by atoms with Crippen LogP contribution in [-0.4, -0.2) is 16.7 Å². The lowest BCUT2D eigenvalue weighted by Gasteiger charge is -2.00. The smallest absolute Gasteiger partial charge is 0.215 e. The summed E-state index contributed by atoms with van der Waals surface area (Å²) in [6.07, 6.45) is 1.22. The van der Waals surface area contributed by atoms with Crippen LogP contribution in [0.3, 0.4) is 0 Å². The van der Waals surface area contributed by atoms with Crippen LogP contribution >= 0.6 is 27.3 Å². The predicted octanol–water partition coefficient (Wildman–Crippen LogP) is 3.96. The topological polar surface area (TPSA) is 60.2 Å². The zero-order chi connectivity index (χ0) is 14.8. The molecule has 3 aromatic rings. The Kier molecular flexibility index (Phi) is 3.81. The van der Waals surface area contributed by atoms with Gasteiger partial charge >= 0.3 is 0 Å². The van der Waals surface area contributed by atoms with E-state index in [9.17, 15) is 9.59 Å². The summed E-state index contributed by atoms with van der Waals surface area (Å²) in [6.45, 7) is 0. The van der Waals surface area contributed by atoms with Crippen molar-refractivity contribution in [1.82, 2.24) is 5.16 Å². The maximum Gasteiger partial charge on any atom is 0.215 e. The summed E-state index contributed by atoms with van der Waals surface area (Å²) in [5.74, 6) is -0.602. The highest BCUT2D eigenvalue weighted by Gasteiger charge is 2.24. The molecular formula is C15H8BrNO3S. The maximum atomic E-state index is 12.5. The first-order chi connectivity index (χ1) is 10.2. The monoisotopic (exact) mass is 361 g/mol. The summed E-state index contributed by atoms with van der Waals surface area (Å²) < 4.78 is 5.62. The second-order valence-corrected chi connectivity index (χ2v) is 6.09. The molecule has 0 unspecified atom stereocenters. The van der Waals surface area contributed by atoms with Gasteiger partial charge in [-0.3, -0.25) is 9.59 Å². The Morgan fingerprint density at radius 1 is 1.14 bits per heavy atom. The summed E-state index contributed by atoms with van der Waals surface area (Å²) in [4.78, 5) is 25.3. The van der Waals surface area contributed by atoms with E-state index < -0.39 is 0 Å². The fourth-order valence-corrected chi connectivity index (χ4v) is 2.95. The van der Waals surface area contributed by atoms with E-state index in [0.29, 0.717) is 10.4 Å². The van der Waals surface area contributed by atoms with Crippen LogP contribution in [-0.2, 0) is 0 Å². The first-order valence-corrected chi connectivity index (χ1v) is 7.67. The molecule has 0 bridgehead atoms. The predicted molar refractivity (Wildman–Crippen MR) is 81.8 cm³/mol. The van der Waals surface area contributed by atoms with E-state index in [1.54, 1.807) is 35.7 Å². The highest BCUT2D eigenvalue weighted by molar-refractivity contribution is 9.10. The van der Waals surface area contributed by atoms with E-state index in [2.05, 4.69) is 21.1 Å². The molecule has 1 aromatic carbocycles. The van der Waals surface area contributed by atoms with Crippen LogP contribution in [0.15, 0.2) is 57.0 Å². The van der Waals surface area contributed by atoms with E-state index in [-0.39, 0.29) is 22.8 Å². The minimum atomic E-state index is -0.343. The molecule has 0 aliphatic carbocycles. The van der Waals surface area contributed by atoms with Gasteiger partial charge in [0.05, 0.1) is 10.4 Å². The molecule has 0 aliphatic heterocycles. The molecule has 104 valence electrons. The number of ketones is 2. The van der Waals surface area contributed by atoms with Crippen LogP contribution < -0.4 is 0 Å². The van der Waals surface area contributed by atoms with Gasteiger partial charge in [-0.2, -0.15) is 0 Å². The Labute approximate surface area is 132 Å². The lowest BCUT2D eigenvalue weighted by atomic mass is 10.0. The van der Waals surface area contributed by atoms with Crippen LogP contribution in [0.1, 0.15) is 31.3 Å². The van der Waals surface area contributed by atoms with Gasteiger partial charge in [-0.1, -0.05) is 39.3 Å². The summed E-state index contributed by atoms with van der Waals surface area (Å²) >= 11 is 4.62. The van der Waals surface area contributed by atoms with E-state index in [1.807, 2.05) is 6.07 Å². The molecule has 2 heterocycles. The highest BCUT2D eigenvalue weighted by Crippen LogP contribution is 2.21. The fraction of sp³-hybridized carbons (Fsp3) is 0. The number of rotatable bonds is 4.